The summed E-state index contributed by atoms with van der Waals surface area (Å²) in [4.78, 5) is 28.8. The largest absolute Gasteiger partial charge is 0.496 e. The first-order chi connectivity index (χ1) is 15.4. The molecule has 0 bridgehead atoms. The smallest absolute Gasteiger partial charge is 0.363 e. The number of hydrogen-bond acceptors (Lipinski definition) is 6. The summed E-state index contributed by atoms with van der Waals surface area (Å²) < 4.78 is 29.6. The van der Waals surface area contributed by atoms with E-state index in [9.17, 15) is 14.0 Å². The van der Waals surface area contributed by atoms with Crippen LogP contribution in [0.15, 0.2) is 77.4 Å². The molecule has 0 radical (unpaired) electrons. The minimum absolute atomic E-state index is 0.0413. The number of nitrogens with zero attached hydrogens (tertiary/aromatic N) is 1. The van der Waals surface area contributed by atoms with Gasteiger partial charge in [-0.25, -0.2) is 19.0 Å². The summed E-state index contributed by atoms with van der Waals surface area (Å²) >= 11 is 6.04. The Morgan fingerprint density at radius 1 is 1.09 bits per heavy atom. The van der Waals surface area contributed by atoms with Crippen LogP contribution in [-0.4, -0.2) is 24.9 Å². The molecule has 3 aromatic carbocycles. The van der Waals surface area contributed by atoms with Gasteiger partial charge in [0.1, 0.15) is 17.3 Å². The zero-order valence-electron chi connectivity index (χ0n) is 16.7. The fourth-order valence-corrected chi connectivity index (χ4v) is 3.16. The number of benzene rings is 3. The molecule has 3 aromatic rings. The quantitative estimate of drug-likeness (QED) is 0.308. The van der Waals surface area contributed by atoms with Crippen LogP contribution in [0.3, 0.4) is 0 Å². The Balaban J connectivity index is 1.59. The van der Waals surface area contributed by atoms with Crippen molar-refractivity contribution in [3.05, 3.63) is 100.0 Å². The summed E-state index contributed by atoms with van der Waals surface area (Å²) in [5.74, 6) is -1.48. The highest BCUT2D eigenvalue weighted by atomic mass is 35.5. The number of carbonyl (C=O) groups is 2. The third kappa shape index (κ3) is 4.53. The molecule has 160 valence electrons. The van der Waals surface area contributed by atoms with Crippen molar-refractivity contribution < 1.29 is 28.2 Å². The molecule has 0 fully saturated rings. The highest BCUT2D eigenvalue weighted by Crippen LogP contribution is 2.28. The Morgan fingerprint density at radius 2 is 1.91 bits per heavy atom. The molecular formula is C24H15ClFNO5. The van der Waals surface area contributed by atoms with Crippen LogP contribution >= 0.6 is 11.6 Å². The highest BCUT2D eigenvalue weighted by Gasteiger charge is 2.26. The SMILES string of the molecule is COc1ccc(Cl)cc1C1=N/C(=C/c2cccc(OC(=O)c3ccccc3F)c2)C(=O)O1. The molecule has 0 atom stereocenters. The minimum atomic E-state index is -0.832. The monoisotopic (exact) mass is 451 g/mol. The van der Waals surface area contributed by atoms with E-state index in [2.05, 4.69) is 4.99 Å². The summed E-state index contributed by atoms with van der Waals surface area (Å²) in [6.45, 7) is 0. The van der Waals surface area contributed by atoms with Crippen LogP contribution in [-0.2, 0) is 9.53 Å². The summed E-state index contributed by atoms with van der Waals surface area (Å²) in [6, 6.07) is 16.8. The summed E-state index contributed by atoms with van der Waals surface area (Å²) in [5, 5.41) is 0.432. The van der Waals surface area contributed by atoms with E-state index in [1.165, 1.54) is 43.5 Å². The Hall–Kier alpha value is -3.97. The lowest BCUT2D eigenvalue weighted by Gasteiger charge is -2.07. The number of cyclic esters (lactones) is 1. The average Bonchev–Trinajstić information content (AvgIpc) is 3.14. The van der Waals surface area contributed by atoms with Crippen molar-refractivity contribution >= 4 is 35.5 Å². The Labute approximate surface area is 187 Å². The predicted octanol–water partition coefficient (Wildman–Crippen LogP) is 5.05. The van der Waals surface area contributed by atoms with Crippen LogP contribution in [0.25, 0.3) is 6.08 Å². The number of hydrogen-bond donors (Lipinski definition) is 0. The zero-order chi connectivity index (χ0) is 22.7. The molecule has 0 N–H and O–H groups in total. The molecule has 0 unspecified atom stereocenters. The number of methoxy groups -OCH3 is 1. The maximum atomic E-state index is 13.8. The molecule has 4 rings (SSSR count). The van der Waals surface area contributed by atoms with Gasteiger partial charge in [-0.3, -0.25) is 0 Å². The summed E-state index contributed by atoms with van der Waals surface area (Å²) in [7, 11) is 1.48. The Bertz CT molecular complexity index is 1280. The van der Waals surface area contributed by atoms with Crippen molar-refractivity contribution in [1.82, 2.24) is 0 Å². The van der Waals surface area contributed by atoms with Gasteiger partial charge in [-0.1, -0.05) is 35.9 Å². The van der Waals surface area contributed by atoms with Crippen LogP contribution in [0.5, 0.6) is 11.5 Å². The molecule has 0 saturated heterocycles. The van der Waals surface area contributed by atoms with Gasteiger partial charge >= 0.3 is 11.9 Å². The molecule has 0 spiro atoms. The van der Waals surface area contributed by atoms with E-state index >= 15 is 0 Å². The van der Waals surface area contributed by atoms with Gasteiger partial charge in [0.25, 0.3) is 0 Å². The van der Waals surface area contributed by atoms with Crippen molar-refractivity contribution in [2.45, 2.75) is 0 Å². The molecule has 0 aromatic heterocycles. The van der Waals surface area contributed by atoms with E-state index < -0.39 is 17.8 Å². The van der Waals surface area contributed by atoms with E-state index in [1.807, 2.05) is 0 Å². The summed E-state index contributed by atoms with van der Waals surface area (Å²) in [5.41, 5.74) is 0.822. The van der Waals surface area contributed by atoms with Crippen molar-refractivity contribution in [2.24, 2.45) is 4.99 Å². The lowest BCUT2D eigenvalue weighted by atomic mass is 10.1. The number of ether oxygens (including phenoxy) is 3. The van der Waals surface area contributed by atoms with Gasteiger partial charge in [-0.15, -0.1) is 0 Å². The van der Waals surface area contributed by atoms with Gasteiger partial charge in [0.05, 0.1) is 18.2 Å². The van der Waals surface area contributed by atoms with Gasteiger partial charge in [-0.2, -0.15) is 0 Å². The van der Waals surface area contributed by atoms with Gasteiger partial charge in [-0.05, 0) is 54.1 Å². The molecule has 1 aliphatic heterocycles. The first kappa shape index (κ1) is 21.3. The maximum absolute atomic E-state index is 13.8. The first-order valence-corrected chi connectivity index (χ1v) is 9.75. The number of carbonyl (C=O) groups excluding carboxylic acids is 2. The second kappa shape index (κ2) is 9.03. The lowest BCUT2D eigenvalue weighted by molar-refractivity contribution is -0.129. The normalized spacial score (nSPS) is 14.2. The van der Waals surface area contributed by atoms with Crippen LogP contribution in [0.2, 0.25) is 5.02 Å². The number of rotatable bonds is 5. The maximum Gasteiger partial charge on any atom is 0.363 e. The minimum Gasteiger partial charge on any atom is -0.496 e. The third-order valence-corrected chi connectivity index (χ3v) is 4.71. The molecule has 0 aliphatic carbocycles. The number of halogens is 2. The third-order valence-electron chi connectivity index (χ3n) is 4.48. The van der Waals surface area contributed by atoms with E-state index in [4.69, 9.17) is 25.8 Å². The zero-order valence-corrected chi connectivity index (χ0v) is 17.4. The fourth-order valence-electron chi connectivity index (χ4n) is 2.99. The van der Waals surface area contributed by atoms with E-state index in [-0.39, 0.29) is 22.9 Å². The standard InChI is InChI=1S/C24H15ClFNO5/c1-30-21-10-9-15(25)13-18(21)22-27-20(24(29)32-22)12-14-5-4-6-16(11-14)31-23(28)17-7-2-3-8-19(17)26/h2-13H,1H3/b20-12+. The fraction of sp³-hybridized carbons (Fsp3) is 0.0417. The molecule has 8 heteroatoms. The van der Waals surface area contributed by atoms with Crippen LogP contribution < -0.4 is 9.47 Å². The predicted molar refractivity (Wildman–Crippen MR) is 116 cm³/mol. The average molecular weight is 452 g/mol. The van der Waals surface area contributed by atoms with Gasteiger partial charge in [0.2, 0.25) is 5.90 Å². The first-order valence-electron chi connectivity index (χ1n) is 9.38. The van der Waals surface area contributed by atoms with Crippen LogP contribution in [0, 0.1) is 5.82 Å². The van der Waals surface area contributed by atoms with E-state index in [1.54, 1.807) is 36.4 Å². The van der Waals surface area contributed by atoms with Gasteiger partial charge < -0.3 is 14.2 Å². The number of esters is 2. The molecule has 32 heavy (non-hydrogen) atoms. The summed E-state index contributed by atoms with van der Waals surface area (Å²) in [6.07, 6.45) is 1.48. The van der Waals surface area contributed by atoms with Crippen LogP contribution in [0.1, 0.15) is 21.5 Å². The van der Waals surface area contributed by atoms with Crippen molar-refractivity contribution in [2.75, 3.05) is 7.11 Å². The van der Waals surface area contributed by atoms with Gasteiger partial charge in [0, 0.05) is 5.02 Å². The second-order valence-electron chi connectivity index (χ2n) is 6.62. The van der Waals surface area contributed by atoms with Crippen LogP contribution in [0.4, 0.5) is 4.39 Å². The Kier molecular flexibility index (Phi) is 6.00. The molecule has 6 nitrogen and oxygen atoms in total. The molecule has 0 amide bonds. The topological polar surface area (TPSA) is 74.2 Å². The number of aliphatic imine (C=N–C) groups is 1. The van der Waals surface area contributed by atoms with Crippen molar-refractivity contribution in [1.29, 1.82) is 0 Å². The molecular weight excluding hydrogens is 437 g/mol. The van der Waals surface area contributed by atoms with E-state index in [0.717, 1.165) is 0 Å². The van der Waals surface area contributed by atoms with Crippen molar-refractivity contribution in [3.63, 3.8) is 0 Å². The van der Waals surface area contributed by atoms with Crippen molar-refractivity contribution in [3.8, 4) is 11.5 Å². The lowest BCUT2D eigenvalue weighted by Crippen LogP contribution is -2.10. The van der Waals surface area contributed by atoms with E-state index in [0.29, 0.717) is 21.9 Å². The Morgan fingerprint density at radius 3 is 2.69 bits per heavy atom. The second-order valence-corrected chi connectivity index (χ2v) is 7.06. The molecule has 1 heterocycles. The molecule has 0 saturated carbocycles. The van der Waals surface area contributed by atoms with Gasteiger partial charge in [0.15, 0.2) is 5.70 Å². The highest BCUT2D eigenvalue weighted by molar-refractivity contribution is 6.31. The molecule has 1 aliphatic rings.